The first-order valence-electron chi connectivity index (χ1n) is 9.13. The van der Waals surface area contributed by atoms with Crippen LogP contribution in [-0.4, -0.2) is 63.8 Å². The van der Waals surface area contributed by atoms with Gasteiger partial charge < -0.3 is 20.3 Å². The van der Waals surface area contributed by atoms with Crippen LogP contribution in [0.4, 0.5) is 0 Å². The molecule has 5 nitrogen and oxygen atoms in total. The van der Waals surface area contributed by atoms with Crippen LogP contribution in [0.3, 0.4) is 0 Å². The lowest BCUT2D eigenvalue weighted by atomic mass is 10.2. The van der Waals surface area contributed by atoms with Gasteiger partial charge in [-0.05, 0) is 51.1 Å². The van der Waals surface area contributed by atoms with Crippen molar-refractivity contribution in [1.82, 2.24) is 15.5 Å². The highest BCUT2D eigenvalue weighted by atomic mass is 16.5. The summed E-state index contributed by atoms with van der Waals surface area (Å²) in [5.41, 5.74) is 0. The summed E-state index contributed by atoms with van der Waals surface area (Å²) in [4.78, 5) is 6.85. The lowest BCUT2D eigenvalue weighted by molar-refractivity contribution is 0.123. The Bertz CT molecular complexity index is 310. The molecule has 128 valence electrons. The molecule has 0 aromatic heterocycles. The molecule has 1 aliphatic heterocycles. The van der Waals surface area contributed by atoms with Crippen molar-refractivity contribution in [3.05, 3.63) is 0 Å². The molecule has 0 radical (unpaired) electrons. The number of likely N-dealkylation sites (tertiary alicyclic amines) is 1. The normalized spacial score (nSPS) is 20.7. The van der Waals surface area contributed by atoms with Gasteiger partial charge in [-0.3, -0.25) is 4.99 Å². The number of ether oxygens (including phenoxy) is 1. The molecule has 2 fully saturated rings. The van der Waals surface area contributed by atoms with E-state index in [1.54, 1.807) is 0 Å². The summed E-state index contributed by atoms with van der Waals surface area (Å²) in [5, 5.41) is 6.78. The lowest BCUT2D eigenvalue weighted by Crippen LogP contribution is -2.42. The Hall–Kier alpha value is -0.810. The van der Waals surface area contributed by atoms with E-state index in [0.29, 0.717) is 0 Å². The number of nitrogens with zero attached hydrogens (tertiary/aromatic N) is 2. The Balaban J connectivity index is 1.45. The van der Waals surface area contributed by atoms with E-state index in [2.05, 4.69) is 20.5 Å². The molecule has 1 saturated heterocycles. The van der Waals surface area contributed by atoms with Crippen LogP contribution in [0.25, 0.3) is 0 Å². The summed E-state index contributed by atoms with van der Waals surface area (Å²) in [7, 11) is 1.84. The Morgan fingerprint density at radius 2 is 1.82 bits per heavy atom. The van der Waals surface area contributed by atoms with E-state index < -0.39 is 0 Å². The zero-order valence-corrected chi connectivity index (χ0v) is 14.3. The van der Waals surface area contributed by atoms with Crippen LogP contribution in [0, 0.1) is 5.92 Å². The molecule has 2 N–H and O–H groups in total. The van der Waals surface area contributed by atoms with Crippen molar-refractivity contribution in [2.75, 3.05) is 53.0 Å². The van der Waals surface area contributed by atoms with Crippen molar-refractivity contribution < 1.29 is 4.74 Å². The van der Waals surface area contributed by atoms with Crippen molar-refractivity contribution in [2.24, 2.45) is 10.9 Å². The molecule has 1 saturated carbocycles. The number of guanidine groups is 1. The maximum atomic E-state index is 5.64. The minimum atomic E-state index is 0.855. The van der Waals surface area contributed by atoms with Gasteiger partial charge >= 0.3 is 0 Å². The highest BCUT2D eigenvalue weighted by Gasteiger charge is 2.20. The minimum absolute atomic E-state index is 0.855. The number of aliphatic imine (C=N–C) groups is 1. The van der Waals surface area contributed by atoms with Crippen LogP contribution in [0.5, 0.6) is 0 Å². The molecule has 22 heavy (non-hydrogen) atoms. The van der Waals surface area contributed by atoms with Crippen LogP contribution in [-0.2, 0) is 4.74 Å². The molecule has 5 heteroatoms. The van der Waals surface area contributed by atoms with Crippen LogP contribution in [0.2, 0.25) is 0 Å². The highest BCUT2D eigenvalue weighted by molar-refractivity contribution is 5.79. The van der Waals surface area contributed by atoms with Gasteiger partial charge in [0.2, 0.25) is 0 Å². The van der Waals surface area contributed by atoms with E-state index in [0.717, 1.165) is 51.1 Å². The van der Waals surface area contributed by atoms with Gasteiger partial charge in [-0.15, -0.1) is 0 Å². The molecule has 0 amide bonds. The summed E-state index contributed by atoms with van der Waals surface area (Å²) in [6.45, 7) is 7.34. The van der Waals surface area contributed by atoms with Crippen molar-refractivity contribution in [2.45, 2.75) is 44.9 Å². The van der Waals surface area contributed by atoms with Crippen LogP contribution >= 0.6 is 0 Å². The van der Waals surface area contributed by atoms with E-state index in [1.807, 2.05) is 7.05 Å². The monoisotopic (exact) mass is 310 g/mol. The van der Waals surface area contributed by atoms with E-state index >= 15 is 0 Å². The number of nitrogens with one attached hydrogen (secondary N) is 2. The van der Waals surface area contributed by atoms with Gasteiger partial charge in [-0.25, -0.2) is 0 Å². The van der Waals surface area contributed by atoms with Gasteiger partial charge in [0, 0.05) is 39.9 Å². The smallest absolute Gasteiger partial charge is 0.191 e. The minimum Gasteiger partial charge on any atom is -0.381 e. The predicted octanol–water partition coefficient (Wildman–Crippen LogP) is 1.84. The molecule has 0 aromatic rings. The standard InChI is InChI=1S/C17H34N4O/c1-18-17(19-9-6-14-22-15-16-7-8-16)20-10-13-21-11-4-2-3-5-12-21/h16H,2-15H2,1H3,(H2,18,19,20). The Labute approximate surface area is 135 Å². The molecule has 1 heterocycles. The summed E-state index contributed by atoms with van der Waals surface area (Å²) in [5.74, 6) is 1.78. The number of rotatable bonds is 9. The third-order valence-electron chi connectivity index (χ3n) is 4.45. The summed E-state index contributed by atoms with van der Waals surface area (Å²) < 4.78 is 5.64. The fraction of sp³-hybridized carbons (Fsp3) is 0.941. The SMILES string of the molecule is CN=C(NCCCOCC1CC1)NCCN1CCCCCC1. The second kappa shape index (κ2) is 10.8. The molecule has 0 spiro atoms. The fourth-order valence-corrected chi connectivity index (χ4v) is 2.83. The maximum Gasteiger partial charge on any atom is 0.191 e. The molecule has 2 aliphatic rings. The fourth-order valence-electron chi connectivity index (χ4n) is 2.83. The first-order valence-corrected chi connectivity index (χ1v) is 9.13. The van der Waals surface area contributed by atoms with Crippen molar-refractivity contribution >= 4 is 5.96 Å². The molecule has 1 aliphatic carbocycles. The van der Waals surface area contributed by atoms with Gasteiger partial charge in [0.25, 0.3) is 0 Å². The van der Waals surface area contributed by atoms with Crippen LogP contribution in [0.15, 0.2) is 4.99 Å². The van der Waals surface area contributed by atoms with Gasteiger partial charge in [-0.1, -0.05) is 12.8 Å². The van der Waals surface area contributed by atoms with Gasteiger partial charge in [-0.2, -0.15) is 0 Å². The molecule has 0 bridgehead atoms. The summed E-state index contributed by atoms with van der Waals surface area (Å²) in [6, 6.07) is 0. The molecule has 0 aromatic carbocycles. The summed E-state index contributed by atoms with van der Waals surface area (Å²) in [6.07, 6.45) is 9.28. The average molecular weight is 310 g/mol. The topological polar surface area (TPSA) is 48.9 Å². The van der Waals surface area contributed by atoms with Crippen molar-refractivity contribution in [3.8, 4) is 0 Å². The zero-order valence-electron chi connectivity index (χ0n) is 14.3. The van der Waals surface area contributed by atoms with Gasteiger partial charge in [0.15, 0.2) is 5.96 Å². The third-order valence-corrected chi connectivity index (χ3v) is 4.45. The number of hydrogen-bond acceptors (Lipinski definition) is 3. The van der Waals surface area contributed by atoms with Crippen LogP contribution < -0.4 is 10.6 Å². The average Bonchev–Trinajstić information content (AvgIpc) is 3.36. The highest BCUT2D eigenvalue weighted by Crippen LogP contribution is 2.28. The Morgan fingerprint density at radius 1 is 1.09 bits per heavy atom. The first-order chi connectivity index (χ1) is 10.9. The largest absolute Gasteiger partial charge is 0.381 e. The van der Waals surface area contributed by atoms with Gasteiger partial charge in [0.1, 0.15) is 0 Å². The molecule has 0 unspecified atom stereocenters. The lowest BCUT2D eigenvalue weighted by Gasteiger charge is -2.20. The third kappa shape index (κ3) is 7.99. The first kappa shape index (κ1) is 17.5. The second-order valence-electron chi connectivity index (χ2n) is 6.55. The predicted molar refractivity (Wildman–Crippen MR) is 92.4 cm³/mol. The van der Waals surface area contributed by atoms with E-state index in [1.165, 1.54) is 51.6 Å². The molecule has 2 rings (SSSR count). The van der Waals surface area contributed by atoms with Crippen molar-refractivity contribution in [3.63, 3.8) is 0 Å². The molecular formula is C17H34N4O. The summed E-state index contributed by atoms with van der Waals surface area (Å²) >= 11 is 0. The van der Waals surface area contributed by atoms with Crippen LogP contribution in [0.1, 0.15) is 44.9 Å². The number of hydrogen-bond donors (Lipinski definition) is 2. The molecular weight excluding hydrogens is 276 g/mol. The Kier molecular flexibility index (Phi) is 8.64. The van der Waals surface area contributed by atoms with E-state index in [9.17, 15) is 0 Å². The quantitative estimate of drug-likeness (QED) is 0.388. The van der Waals surface area contributed by atoms with Gasteiger partial charge in [0.05, 0.1) is 0 Å². The second-order valence-corrected chi connectivity index (χ2v) is 6.55. The molecule has 0 atom stereocenters. The maximum absolute atomic E-state index is 5.64. The van der Waals surface area contributed by atoms with E-state index in [4.69, 9.17) is 4.74 Å². The zero-order chi connectivity index (χ0) is 15.5. The van der Waals surface area contributed by atoms with Crippen molar-refractivity contribution in [1.29, 1.82) is 0 Å². The Morgan fingerprint density at radius 3 is 2.50 bits per heavy atom. The van der Waals surface area contributed by atoms with E-state index in [-0.39, 0.29) is 0 Å².